The van der Waals surface area contributed by atoms with E-state index in [4.69, 9.17) is 16.3 Å². The van der Waals surface area contributed by atoms with Crippen LogP contribution < -0.4 is 10.2 Å². The van der Waals surface area contributed by atoms with Crippen LogP contribution in [0.4, 0.5) is 16.2 Å². The standard InChI is InChI=1S/C21H22ClN3O5S/c22-16-9-8-15(14-19(16)31(28,29)24-10-4-1-5-11-24)20(26)23-17-6-2-3-7-18(17)25-12-13-30-21(25)27/h2-3,6-9,14H,1,4-5,10-13H2,(H,23,26). The number of carbonyl (C=O) groups excluding carboxylic acids is 2. The van der Waals surface area contributed by atoms with Gasteiger partial charge in [0.2, 0.25) is 10.0 Å². The van der Waals surface area contributed by atoms with Crippen LogP contribution in [0.15, 0.2) is 47.4 Å². The molecule has 0 atom stereocenters. The van der Waals surface area contributed by atoms with Crippen molar-refractivity contribution in [3.8, 4) is 0 Å². The first-order chi connectivity index (χ1) is 14.9. The summed E-state index contributed by atoms with van der Waals surface area (Å²) in [6, 6.07) is 11.0. The highest BCUT2D eigenvalue weighted by Crippen LogP contribution is 2.30. The van der Waals surface area contributed by atoms with Gasteiger partial charge < -0.3 is 10.1 Å². The second-order valence-electron chi connectivity index (χ2n) is 7.35. The Labute approximate surface area is 185 Å². The van der Waals surface area contributed by atoms with Gasteiger partial charge in [0.25, 0.3) is 5.91 Å². The molecule has 2 aliphatic heterocycles. The highest BCUT2D eigenvalue weighted by Gasteiger charge is 2.29. The van der Waals surface area contributed by atoms with E-state index in [-0.39, 0.29) is 22.1 Å². The van der Waals surface area contributed by atoms with Gasteiger partial charge in [-0.05, 0) is 43.2 Å². The van der Waals surface area contributed by atoms with Crippen molar-refractivity contribution < 1.29 is 22.7 Å². The SMILES string of the molecule is O=C(Nc1ccccc1N1CCOC1=O)c1ccc(Cl)c(S(=O)(=O)N2CCCCC2)c1. The van der Waals surface area contributed by atoms with E-state index in [0.717, 1.165) is 19.3 Å². The van der Waals surface area contributed by atoms with Crippen molar-refractivity contribution in [3.63, 3.8) is 0 Å². The minimum Gasteiger partial charge on any atom is -0.447 e. The maximum Gasteiger partial charge on any atom is 0.414 e. The lowest BCUT2D eigenvalue weighted by molar-refractivity contribution is 0.102. The van der Waals surface area contributed by atoms with Gasteiger partial charge >= 0.3 is 6.09 Å². The Morgan fingerprint density at radius 1 is 1.03 bits per heavy atom. The average molecular weight is 464 g/mol. The molecule has 31 heavy (non-hydrogen) atoms. The number of piperidine rings is 1. The Balaban J connectivity index is 1.61. The largest absolute Gasteiger partial charge is 0.447 e. The van der Waals surface area contributed by atoms with Gasteiger partial charge in [-0.3, -0.25) is 9.69 Å². The van der Waals surface area contributed by atoms with Crippen LogP contribution >= 0.6 is 11.6 Å². The maximum atomic E-state index is 13.1. The highest BCUT2D eigenvalue weighted by atomic mass is 35.5. The molecule has 0 spiro atoms. The van der Waals surface area contributed by atoms with Crippen molar-refractivity contribution >= 4 is 45.0 Å². The summed E-state index contributed by atoms with van der Waals surface area (Å²) >= 11 is 6.20. The van der Waals surface area contributed by atoms with E-state index < -0.39 is 22.0 Å². The van der Waals surface area contributed by atoms with Crippen LogP contribution in [0.1, 0.15) is 29.6 Å². The first kappa shape index (κ1) is 21.6. The van der Waals surface area contributed by atoms with Crippen molar-refractivity contribution in [3.05, 3.63) is 53.1 Å². The maximum absolute atomic E-state index is 13.1. The molecule has 164 valence electrons. The molecule has 8 nitrogen and oxygen atoms in total. The second kappa shape index (κ2) is 8.86. The fourth-order valence-electron chi connectivity index (χ4n) is 3.71. The molecular formula is C21H22ClN3O5S. The van der Waals surface area contributed by atoms with Crippen molar-refractivity contribution in [2.24, 2.45) is 0 Å². The van der Waals surface area contributed by atoms with Crippen LogP contribution in [0.5, 0.6) is 0 Å². The molecule has 1 N–H and O–H groups in total. The van der Waals surface area contributed by atoms with Crippen LogP contribution in [0.25, 0.3) is 0 Å². The Kier molecular flexibility index (Phi) is 6.17. The van der Waals surface area contributed by atoms with E-state index in [1.54, 1.807) is 24.3 Å². The predicted molar refractivity (Wildman–Crippen MR) is 117 cm³/mol. The van der Waals surface area contributed by atoms with E-state index in [2.05, 4.69) is 5.32 Å². The number of hydrogen-bond donors (Lipinski definition) is 1. The molecule has 4 rings (SSSR count). The number of nitrogens with zero attached hydrogens (tertiary/aromatic N) is 2. The number of cyclic esters (lactones) is 1. The Bertz CT molecular complexity index is 1120. The molecule has 0 radical (unpaired) electrons. The lowest BCUT2D eigenvalue weighted by atomic mass is 10.2. The van der Waals surface area contributed by atoms with Gasteiger partial charge in [-0.1, -0.05) is 30.2 Å². The number of nitrogens with one attached hydrogen (secondary N) is 1. The monoisotopic (exact) mass is 463 g/mol. The van der Waals surface area contributed by atoms with Crippen LogP contribution in [0, 0.1) is 0 Å². The summed E-state index contributed by atoms with van der Waals surface area (Å²) in [6.45, 7) is 1.53. The van der Waals surface area contributed by atoms with Gasteiger partial charge in [-0.2, -0.15) is 4.31 Å². The van der Waals surface area contributed by atoms with Crippen molar-refractivity contribution in [1.82, 2.24) is 4.31 Å². The summed E-state index contributed by atoms with van der Waals surface area (Å²) in [5.41, 5.74) is 1.08. The molecule has 0 aromatic heterocycles. The number of amides is 2. The normalized spacial score (nSPS) is 17.5. The molecule has 0 saturated carbocycles. The lowest BCUT2D eigenvalue weighted by Crippen LogP contribution is -2.35. The van der Waals surface area contributed by atoms with Crippen LogP contribution in [0.2, 0.25) is 5.02 Å². The zero-order chi connectivity index (χ0) is 22.0. The van der Waals surface area contributed by atoms with E-state index in [0.29, 0.717) is 31.0 Å². The Morgan fingerprint density at radius 3 is 2.48 bits per heavy atom. The van der Waals surface area contributed by atoms with Crippen molar-refractivity contribution in [1.29, 1.82) is 0 Å². The van der Waals surface area contributed by atoms with Gasteiger partial charge in [-0.15, -0.1) is 0 Å². The number of benzene rings is 2. The number of hydrogen-bond acceptors (Lipinski definition) is 5. The smallest absolute Gasteiger partial charge is 0.414 e. The first-order valence-electron chi connectivity index (χ1n) is 10.0. The van der Waals surface area contributed by atoms with Crippen molar-refractivity contribution in [2.75, 3.05) is 36.5 Å². The van der Waals surface area contributed by atoms with Crippen LogP contribution in [0.3, 0.4) is 0 Å². The average Bonchev–Trinajstić information content (AvgIpc) is 3.20. The lowest BCUT2D eigenvalue weighted by Gasteiger charge is -2.26. The molecule has 2 amide bonds. The number of sulfonamides is 1. The summed E-state index contributed by atoms with van der Waals surface area (Å²) in [5.74, 6) is -0.508. The zero-order valence-electron chi connectivity index (χ0n) is 16.7. The number of rotatable bonds is 5. The molecule has 10 heteroatoms. The zero-order valence-corrected chi connectivity index (χ0v) is 18.3. The van der Waals surface area contributed by atoms with E-state index in [1.165, 1.54) is 27.4 Å². The second-order valence-corrected chi connectivity index (χ2v) is 9.66. The molecule has 2 aromatic carbocycles. The van der Waals surface area contributed by atoms with Gasteiger partial charge in [-0.25, -0.2) is 13.2 Å². The minimum atomic E-state index is -3.80. The molecule has 0 aliphatic carbocycles. The van der Waals surface area contributed by atoms with E-state index in [9.17, 15) is 18.0 Å². The Morgan fingerprint density at radius 2 is 1.77 bits per heavy atom. The van der Waals surface area contributed by atoms with E-state index in [1.807, 2.05) is 0 Å². The van der Waals surface area contributed by atoms with Crippen molar-refractivity contribution in [2.45, 2.75) is 24.2 Å². The third-order valence-corrected chi connectivity index (χ3v) is 7.71. The fourth-order valence-corrected chi connectivity index (χ4v) is 5.73. The summed E-state index contributed by atoms with van der Waals surface area (Å²) in [5, 5.41) is 2.83. The third-order valence-electron chi connectivity index (χ3n) is 5.33. The summed E-state index contributed by atoms with van der Waals surface area (Å²) in [4.78, 5) is 26.2. The van der Waals surface area contributed by atoms with Gasteiger partial charge in [0.15, 0.2) is 0 Å². The predicted octanol–water partition coefficient (Wildman–Crippen LogP) is 3.72. The summed E-state index contributed by atoms with van der Waals surface area (Å²) in [6.07, 6.45) is 2.11. The first-order valence-corrected chi connectivity index (χ1v) is 11.8. The third kappa shape index (κ3) is 4.39. The van der Waals surface area contributed by atoms with Crippen LogP contribution in [-0.2, 0) is 14.8 Å². The number of ether oxygens (including phenoxy) is 1. The molecule has 2 saturated heterocycles. The quantitative estimate of drug-likeness (QED) is 0.728. The number of halogens is 1. The topological polar surface area (TPSA) is 96.0 Å². The number of carbonyl (C=O) groups is 2. The van der Waals surface area contributed by atoms with Gasteiger partial charge in [0.05, 0.1) is 22.9 Å². The fraction of sp³-hybridized carbons (Fsp3) is 0.333. The molecular weight excluding hydrogens is 442 g/mol. The highest BCUT2D eigenvalue weighted by molar-refractivity contribution is 7.89. The van der Waals surface area contributed by atoms with Crippen LogP contribution in [-0.4, -0.2) is 51.0 Å². The summed E-state index contributed by atoms with van der Waals surface area (Å²) in [7, 11) is -3.80. The number of para-hydroxylation sites is 2. The Hall–Kier alpha value is -2.62. The molecule has 2 aromatic rings. The molecule has 2 fully saturated rings. The molecule has 2 heterocycles. The molecule has 2 aliphatic rings. The molecule has 0 unspecified atom stereocenters. The molecule has 0 bridgehead atoms. The van der Waals surface area contributed by atoms with Gasteiger partial charge in [0, 0.05) is 18.7 Å². The van der Waals surface area contributed by atoms with E-state index >= 15 is 0 Å². The number of anilines is 2. The summed E-state index contributed by atoms with van der Waals surface area (Å²) < 4.78 is 32.5. The minimum absolute atomic E-state index is 0.0716. The van der Waals surface area contributed by atoms with Gasteiger partial charge in [0.1, 0.15) is 11.5 Å².